The number of aromatic nitrogens is 3. The van der Waals surface area contributed by atoms with Crippen LogP contribution in [0.1, 0.15) is 29.9 Å². The van der Waals surface area contributed by atoms with Crippen molar-refractivity contribution < 1.29 is 14.1 Å². The van der Waals surface area contributed by atoms with Crippen molar-refractivity contribution in [3.8, 4) is 5.75 Å². The molecule has 152 valence electrons. The first kappa shape index (κ1) is 19.2. The molecule has 1 N–H and O–H groups in total. The number of benzene rings is 1. The van der Waals surface area contributed by atoms with Crippen LogP contribution in [0, 0.1) is 19.8 Å². The number of anilines is 1. The molecule has 4 rings (SSSR count). The summed E-state index contributed by atoms with van der Waals surface area (Å²) in [5.41, 5.74) is 2.27. The lowest BCUT2D eigenvalue weighted by molar-refractivity contribution is -0.125. The van der Waals surface area contributed by atoms with E-state index in [1.807, 2.05) is 38.1 Å². The Morgan fingerprint density at radius 2 is 2.21 bits per heavy atom. The van der Waals surface area contributed by atoms with E-state index in [4.69, 9.17) is 9.26 Å². The summed E-state index contributed by atoms with van der Waals surface area (Å²) in [4.78, 5) is 23.9. The molecule has 1 aliphatic rings. The van der Waals surface area contributed by atoms with Crippen LogP contribution in [0.5, 0.6) is 5.75 Å². The lowest BCUT2D eigenvalue weighted by Crippen LogP contribution is -2.43. The zero-order valence-electron chi connectivity index (χ0n) is 16.9. The molecule has 1 aromatic carbocycles. The van der Waals surface area contributed by atoms with Crippen LogP contribution in [0.3, 0.4) is 0 Å². The Morgan fingerprint density at radius 1 is 1.34 bits per heavy atom. The van der Waals surface area contributed by atoms with Crippen LogP contribution >= 0.6 is 0 Å². The van der Waals surface area contributed by atoms with E-state index in [9.17, 15) is 4.79 Å². The van der Waals surface area contributed by atoms with Crippen LogP contribution in [-0.2, 0) is 11.3 Å². The highest BCUT2D eigenvalue weighted by Crippen LogP contribution is 2.30. The Kier molecular flexibility index (Phi) is 5.33. The van der Waals surface area contributed by atoms with Gasteiger partial charge in [-0.3, -0.25) is 4.79 Å². The van der Waals surface area contributed by atoms with E-state index in [0.29, 0.717) is 24.6 Å². The van der Waals surface area contributed by atoms with Crippen LogP contribution in [-0.4, -0.2) is 41.2 Å². The Balaban J connectivity index is 1.47. The Hall–Kier alpha value is -3.16. The first-order chi connectivity index (χ1) is 14.0. The SMILES string of the molecule is COc1cccc(CNC(=O)C2CCCN(c3nc(C)nc4onc(C)c34)C2)c1. The quantitative estimate of drug-likeness (QED) is 0.710. The van der Waals surface area contributed by atoms with Gasteiger partial charge in [0.2, 0.25) is 5.91 Å². The summed E-state index contributed by atoms with van der Waals surface area (Å²) in [6.07, 6.45) is 1.78. The van der Waals surface area contributed by atoms with Gasteiger partial charge in [0.25, 0.3) is 5.71 Å². The van der Waals surface area contributed by atoms with Crippen LogP contribution in [0.25, 0.3) is 11.1 Å². The minimum atomic E-state index is -0.0974. The number of rotatable bonds is 5. The molecule has 8 heteroatoms. The third kappa shape index (κ3) is 4.01. The molecule has 0 saturated carbocycles. The predicted molar refractivity (Wildman–Crippen MR) is 109 cm³/mol. The number of carbonyl (C=O) groups is 1. The highest BCUT2D eigenvalue weighted by molar-refractivity contribution is 5.88. The molecule has 0 spiro atoms. The molecule has 1 amide bonds. The average Bonchev–Trinajstić information content (AvgIpc) is 3.12. The monoisotopic (exact) mass is 395 g/mol. The smallest absolute Gasteiger partial charge is 0.263 e. The fourth-order valence-corrected chi connectivity index (χ4v) is 3.80. The number of piperidine rings is 1. The standard InChI is InChI=1S/C21H25N5O3/c1-13-18-19(23-14(2)24-21(18)29-25-13)26-9-5-7-16(12-26)20(27)22-11-15-6-4-8-17(10-15)28-3/h4,6,8,10,16H,5,7,9,11-12H2,1-3H3,(H,22,27). The molecule has 0 radical (unpaired) electrons. The summed E-state index contributed by atoms with van der Waals surface area (Å²) in [5.74, 6) is 2.18. The van der Waals surface area contributed by atoms with Crippen molar-refractivity contribution in [3.05, 3.63) is 41.3 Å². The molecule has 29 heavy (non-hydrogen) atoms. The van der Waals surface area contributed by atoms with Crippen LogP contribution < -0.4 is 15.0 Å². The lowest BCUT2D eigenvalue weighted by Gasteiger charge is -2.33. The van der Waals surface area contributed by atoms with Gasteiger partial charge in [-0.1, -0.05) is 17.3 Å². The molecule has 1 saturated heterocycles. The van der Waals surface area contributed by atoms with E-state index < -0.39 is 0 Å². The van der Waals surface area contributed by atoms with Gasteiger partial charge < -0.3 is 19.5 Å². The Bertz CT molecular complexity index is 1030. The van der Waals surface area contributed by atoms with Crippen molar-refractivity contribution in [3.63, 3.8) is 0 Å². The second kappa shape index (κ2) is 8.06. The number of amides is 1. The number of methoxy groups -OCH3 is 1. The minimum Gasteiger partial charge on any atom is -0.497 e. The van der Waals surface area contributed by atoms with E-state index >= 15 is 0 Å². The van der Waals surface area contributed by atoms with Crippen molar-refractivity contribution in [2.24, 2.45) is 5.92 Å². The van der Waals surface area contributed by atoms with Gasteiger partial charge in [-0.25, -0.2) is 4.98 Å². The lowest BCUT2D eigenvalue weighted by atomic mass is 9.96. The highest BCUT2D eigenvalue weighted by Gasteiger charge is 2.28. The number of nitrogens with one attached hydrogen (secondary N) is 1. The van der Waals surface area contributed by atoms with Gasteiger partial charge in [0, 0.05) is 19.6 Å². The fourth-order valence-electron chi connectivity index (χ4n) is 3.80. The predicted octanol–water partition coefficient (Wildman–Crippen LogP) is 2.78. The summed E-state index contributed by atoms with van der Waals surface area (Å²) >= 11 is 0. The molecule has 1 aliphatic heterocycles. The number of aryl methyl sites for hydroxylation is 2. The number of ether oxygens (including phenoxy) is 1. The first-order valence-corrected chi connectivity index (χ1v) is 9.81. The van der Waals surface area contributed by atoms with Crippen molar-refractivity contribution in [2.45, 2.75) is 33.2 Å². The van der Waals surface area contributed by atoms with Gasteiger partial charge in [0.1, 0.15) is 22.8 Å². The minimum absolute atomic E-state index is 0.0570. The largest absolute Gasteiger partial charge is 0.497 e. The molecule has 0 bridgehead atoms. The third-order valence-electron chi connectivity index (χ3n) is 5.29. The van der Waals surface area contributed by atoms with Crippen molar-refractivity contribution in [1.82, 2.24) is 20.4 Å². The number of carbonyl (C=O) groups excluding carboxylic acids is 1. The molecule has 1 fully saturated rings. The van der Waals surface area contributed by atoms with Gasteiger partial charge in [0.05, 0.1) is 18.7 Å². The zero-order valence-corrected chi connectivity index (χ0v) is 16.9. The summed E-state index contributed by atoms with van der Waals surface area (Å²) in [6.45, 7) is 5.66. The number of hydrogen-bond acceptors (Lipinski definition) is 7. The third-order valence-corrected chi connectivity index (χ3v) is 5.29. The second-order valence-electron chi connectivity index (χ2n) is 7.40. The topological polar surface area (TPSA) is 93.4 Å². The van der Waals surface area contributed by atoms with Crippen molar-refractivity contribution in [2.75, 3.05) is 25.1 Å². The maximum absolute atomic E-state index is 12.8. The molecule has 8 nitrogen and oxygen atoms in total. The van der Waals surface area contributed by atoms with Gasteiger partial charge in [-0.15, -0.1) is 0 Å². The van der Waals surface area contributed by atoms with Gasteiger partial charge in [-0.2, -0.15) is 4.98 Å². The summed E-state index contributed by atoms with van der Waals surface area (Å²) in [6, 6.07) is 7.72. The molecular weight excluding hydrogens is 370 g/mol. The summed E-state index contributed by atoms with van der Waals surface area (Å²) in [7, 11) is 1.64. The molecule has 2 aromatic heterocycles. The van der Waals surface area contributed by atoms with Crippen molar-refractivity contribution in [1.29, 1.82) is 0 Å². The van der Waals surface area contributed by atoms with E-state index in [1.54, 1.807) is 7.11 Å². The van der Waals surface area contributed by atoms with E-state index in [0.717, 1.165) is 47.6 Å². The molecule has 1 unspecified atom stereocenters. The number of hydrogen-bond donors (Lipinski definition) is 1. The van der Waals surface area contributed by atoms with E-state index in [1.165, 1.54) is 0 Å². The Labute approximate surface area is 169 Å². The summed E-state index contributed by atoms with van der Waals surface area (Å²) in [5, 5.41) is 7.92. The van der Waals surface area contributed by atoms with Gasteiger partial charge >= 0.3 is 0 Å². The normalized spacial score (nSPS) is 16.8. The second-order valence-corrected chi connectivity index (χ2v) is 7.40. The zero-order chi connectivity index (χ0) is 20.4. The highest BCUT2D eigenvalue weighted by atomic mass is 16.5. The first-order valence-electron chi connectivity index (χ1n) is 9.81. The Morgan fingerprint density at radius 3 is 3.03 bits per heavy atom. The average molecular weight is 395 g/mol. The maximum Gasteiger partial charge on any atom is 0.263 e. The van der Waals surface area contributed by atoms with E-state index in [2.05, 4.69) is 25.3 Å². The molecular formula is C21H25N5O3. The van der Waals surface area contributed by atoms with Crippen LogP contribution in [0.2, 0.25) is 0 Å². The van der Waals surface area contributed by atoms with Crippen LogP contribution in [0.15, 0.2) is 28.8 Å². The number of fused-ring (bicyclic) bond motifs is 1. The maximum atomic E-state index is 12.8. The van der Waals surface area contributed by atoms with E-state index in [-0.39, 0.29) is 11.8 Å². The molecule has 3 aromatic rings. The van der Waals surface area contributed by atoms with Crippen LogP contribution in [0.4, 0.5) is 5.82 Å². The van der Waals surface area contributed by atoms with Crippen molar-refractivity contribution >= 4 is 22.8 Å². The molecule has 3 heterocycles. The molecule has 1 atom stereocenters. The summed E-state index contributed by atoms with van der Waals surface area (Å²) < 4.78 is 10.6. The molecule has 0 aliphatic carbocycles. The van der Waals surface area contributed by atoms with Gasteiger partial charge in [-0.05, 0) is 44.4 Å². The number of nitrogens with zero attached hydrogens (tertiary/aromatic N) is 4. The fraction of sp³-hybridized carbons (Fsp3) is 0.429. The van der Waals surface area contributed by atoms with Gasteiger partial charge in [0.15, 0.2) is 0 Å².